The lowest BCUT2D eigenvalue weighted by Gasteiger charge is -2.33. The molecule has 0 spiro atoms. The molecule has 3 aromatic rings. The van der Waals surface area contributed by atoms with Crippen molar-refractivity contribution in [1.29, 1.82) is 5.26 Å². The van der Waals surface area contributed by atoms with Crippen LogP contribution in [0, 0.1) is 28.5 Å². The van der Waals surface area contributed by atoms with Crippen molar-refractivity contribution in [1.82, 2.24) is 14.8 Å². The lowest BCUT2D eigenvalue weighted by atomic mass is 9.72. The van der Waals surface area contributed by atoms with Crippen LogP contribution in [0.3, 0.4) is 0 Å². The van der Waals surface area contributed by atoms with Crippen LogP contribution in [0.2, 0.25) is 5.02 Å². The number of thioether (sulfide) groups is 1. The first-order chi connectivity index (χ1) is 17.5. The quantitative estimate of drug-likeness (QED) is 0.328. The highest BCUT2D eigenvalue weighted by atomic mass is 35.5. The molecule has 0 fully saturated rings. The van der Waals surface area contributed by atoms with Crippen LogP contribution >= 0.6 is 34.7 Å². The molecule has 1 aliphatic carbocycles. The van der Waals surface area contributed by atoms with E-state index in [1.54, 1.807) is 18.5 Å². The Morgan fingerprint density at radius 3 is 2.86 bits per heavy atom. The second-order valence-electron chi connectivity index (χ2n) is 10.2. The molecule has 2 heterocycles. The molecule has 11 heteroatoms. The van der Waals surface area contributed by atoms with Crippen LogP contribution in [0.15, 0.2) is 23.4 Å². The van der Waals surface area contributed by atoms with Crippen molar-refractivity contribution in [3.8, 4) is 11.8 Å². The molecule has 1 amide bonds. The number of benzene rings is 1. The van der Waals surface area contributed by atoms with Crippen molar-refractivity contribution in [2.24, 2.45) is 18.4 Å². The van der Waals surface area contributed by atoms with Gasteiger partial charge in [-0.2, -0.15) is 5.26 Å². The third kappa shape index (κ3) is 6.11. The first-order valence-electron chi connectivity index (χ1n) is 12.0. The third-order valence-electron chi connectivity index (χ3n) is 6.62. The summed E-state index contributed by atoms with van der Waals surface area (Å²) < 4.78 is 20.9. The zero-order valence-electron chi connectivity index (χ0n) is 21.4. The SMILES string of the molecule is CC(Oc1ccc(F)cc1Cl)c1nnc(SCC(=O)Nc2sc3c(c2C#N)CCC(C(C)(C)C)C3)n1C. The molecule has 0 radical (unpaired) electrons. The molecule has 7 nitrogen and oxygen atoms in total. The first-order valence-corrected chi connectivity index (χ1v) is 14.1. The Morgan fingerprint density at radius 2 is 2.19 bits per heavy atom. The van der Waals surface area contributed by atoms with Crippen LogP contribution in [0.5, 0.6) is 5.75 Å². The van der Waals surface area contributed by atoms with E-state index in [4.69, 9.17) is 16.3 Å². The summed E-state index contributed by atoms with van der Waals surface area (Å²) in [5.74, 6) is 0.893. The fraction of sp³-hybridized carbons (Fsp3) is 0.462. The highest BCUT2D eigenvalue weighted by Crippen LogP contribution is 2.44. The Bertz CT molecular complexity index is 1360. The molecule has 1 aliphatic rings. The van der Waals surface area contributed by atoms with E-state index in [-0.39, 0.29) is 22.1 Å². The minimum absolute atomic E-state index is 0.114. The van der Waals surface area contributed by atoms with Crippen molar-refractivity contribution in [2.75, 3.05) is 11.1 Å². The number of carbonyl (C=O) groups is 1. The normalized spacial score (nSPS) is 16.1. The average molecular weight is 562 g/mol. The zero-order chi connectivity index (χ0) is 26.9. The third-order valence-corrected chi connectivity index (χ3v) is 9.10. The van der Waals surface area contributed by atoms with E-state index in [0.717, 1.165) is 24.8 Å². The summed E-state index contributed by atoms with van der Waals surface area (Å²) in [6, 6.07) is 6.23. The summed E-state index contributed by atoms with van der Waals surface area (Å²) in [6.07, 6.45) is 2.35. The summed E-state index contributed by atoms with van der Waals surface area (Å²) in [4.78, 5) is 14.0. The molecule has 196 valence electrons. The summed E-state index contributed by atoms with van der Waals surface area (Å²) in [5.41, 5.74) is 1.89. The predicted molar refractivity (Wildman–Crippen MR) is 145 cm³/mol. The number of ether oxygens (including phenoxy) is 1. The number of anilines is 1. The molecule has 0 saturated carbocycles. The van der Waals surface area contributed by atoms with Gasteiger partial charge >= 0.3 is 0 Å². The molecule has 37 heavy (non-hydrogen) atoms. The van der Waals surface area contributed by atoms with Crippen LogP contribution in [0.25, 0.3) is 0 Å². The zero-order valence-corrected chi connectivity index (χ0v) is 23.8. The van der Waals surface area contributed by atoms with Gasteiger partial charge in [-0.15, -0.1) is 21.5 Å². The molecule has 0 bridgehead atoms. The number of thiophene rings is 1. The maximum Gasteiger partial charge on any atom is 0.235 e. The smallest absolute Gasteiger partial charge is 0.235 e. The van der Waals surface area contributed by atoms with Crippen molar-refractivity contribution >= 4 is 45.6 Å². The number of halogens is 2. The molecular formula is C26H29ClFN5O2S2. The average Bonchev–Trinajstić information content (AvgIpc) is 3.37. The van der Waals surface area contributed by atoms with Crippen LogP contribution in [0.1, 0.15) is 62.0 Å². The van der Waals surface area contributed by atoms with Crippen molar-refractivity contribution < 1.29 is 13.9 Å². The maximum atomic E-state index is 13.3. The van der Waals surface area contributed by atoms with Gasteiger partial charge in [0.15, 0.2) is 17.1 Å². The molecule has 0 aliphatic heterocycles. The molecular weight excluding hydrogens is 533 g/mol. The molecule has 0 saturated heterocycles. The number of carbonyl (C=O) groups excluding carboxylic acids is 1. The fourth-order valence-corrected chi connectivity index (χ4v) is 6.67. The number of amides is 1. The van der Waals surface area contributed by atoms with Gasteiger partial charge in [-0.1, -0.05) is 44.1 Å². The minimum Gasteiger partial charge on any atom is -0.481 e. The number of nitriles is 1. The number of fused-ring (bicyclic) bond motifs is 1. The Morgan fingerprint density at radius 1 is 1.43 bits per heavy atom. The molecule has 2 unspecified atom stereocenters. The van der Waals surface area contributed by atoms with E-state index in [1.165, 1.54) is 46.2 Å². The Hall–Kier alpha value is -2.61. The van der Waals surface area contributed by atoms with Crippen LogP contribution in [0.4, 0.5) is 9.39 Å². The first kappa shape index (κ1) is 27.4. The van der Waals surface area contributed by atoms with E-state index in [1.807, 2.05) is 0 Å². The van der Waals surface area contributed by atoms with Gasteiger partial charge < -0.3 is 14.6 Å². The molecule has 2 aromatic heterocycles. The largest absolute Gasteiger partial charge is 0.481 e. The number of hydrogen-bond donors (Lipinski definition) is 1. The molecule has 1 aromatic carbocycles. The monoisotopic (exact) mass is 561 g/mol. The molecule has 4 rings (SSSR count). The lowest BCUT2D eigenvalue weighted by molar-refractivity contribution is -0.113. The second-order valence-corrected chi connectivity index (χ2v) is 12.7. The standard InChI is InChI=1S/C26H29ClFN5O2S2/c1-14(35-20-9-7-16(28)11-19(20)27)23-31-32-25(33(23)5)36-13-22(34)30-24-18(12-29)17-8-6-15(26(2,3)4)10-21(17)37-24/h7,9,11,14-15H,6,8,10,13H2,1-5H3,(H,30,34). The summed E-state index contributed by atoms with van der Waals surface area (Å²) in [6.45, 7) is 8.55. The van der Waals surface area contributed by atoms with Gasteiger partial charge in [-0.05, 0) is 61.3 Å². The number of aromatic nitrogens is 3. The highest BCUT2D eigenvalue weighted by molar-refractivity contribution is 7.99. The van der Waals surface area contributed by atoms with Crippen LogP contribution < -0.4 is 10.1 Å². The maximum absolute atomic E-state index is 13.3. The van der Waals surface area contributed by atoms with Gasteiger partial charge in [0.25, 0.3) is 0 Å². The van der Waals surface area contributed by atoms with Gasteiger partial charge in [0.1, 0.15) is 22.6 Å². The lowest BCUT2D eigenvalue weighted by Crippen LogP contribution is -2.26. The summed E-state index contributed by atoms with van der Waals surface area (Å²) in [5, 5.41) is 22.4. The van der Waals surface area contributed by atoms with Crippen LogP contribution in [-0.2, 0) is 24.7 Å². The molecule has 2 atom stereocenters. The number of hydrogen-bond acceptors (Lipinski definition) is 7. The predicted octanol–water partition coefficient (Wildman–Crippen LogP) is 6.56. The van der Waals surface area contributed by atoms with Crippen LogP contribution in [-0.4, -0.2) is 26.4 Å². The van der Waals surface area contributed by atoms with E-state index < -0.39 is 11.9 Å². The minimum atomic E-state index is -0.504. The Labute approximate surface area is 229 Å². The van der Waals surface area contributed by atoms with Crippen molar-refractivity contribution in [3.05, 3.63) is 50.9 Å². The number of nitrogens with zero attached hydrogens (tertiary/aromatic N) is 4. The van der Waals surface area contributed by atoms with E-state index >= 15 is 0 Å². The Balaban J connectivity index is 1.39. The molecule has 1 N–H and O–H groups in total. The summed E-state index contributed by atoms with van der Waals surface area (Å²) >= 11 is 8.83. The number of nitrogens with one attached hydrogen (secondary N) is 1. The van der Waals surface area contributed by atoms with Gasteiger partial charge in [-0.3, -0.25) is 4.79 Å². The number of rotatable bonds is 7. The van der Waals surface area contributed by atoms with Crippen molar-refractivity contribution in [2.45, 2.75) is 58.2 Å². The summed E-state index contributed by atoms with van der Waals surface area (Å²) in [7, 11) is 1.79. The Kier molecular flexibility index (Phi) is 8.17. The topological polar surface area (TPSA) is 92.8 Å². The van der Waals surface area contributed by atoms with E-state index in [2.05, 4.69) is 42.4 Å². The van der Waals surface area contributed by atoms with Crippen molar-refractivity contribution in [3.63, 3.8) is 0 Å². The fourth-order valence-electron chi connectivity index (χ4n) is 4.44. The van der Waals surface area contributed by atoms with Gasteiger partial charge in [0.2, 0.25) is 5.91 Å². The van der Waals surface area contributed by atoms with Gasteiger partial charge in [0.05, 0.1) is 16.3 Å². The van der Waals surface area contributed by atoms with Gasteiger partial charge in [-0.25, -0.2) is 4.39 Å². The van der Waals surface area contributed by atoms with Gasteiger partial charge in [0, 0.05) is 11.9 Å². The van der Waals surface area contributed by atoms with E-state index in [9.17, 15) is 14.4 Å². The highest BCUT2D eigenvalue weighted by Gasteiger charge is 2.32. The second kappa shape index (κ2) is 11.0. The van der Waals surface area contributed by atoms with E-state index in [0.29, 0.717) is 33.2 Å².